The number of rotatable bonds is 6. The lowest BCUT2D eigenvalue weighted by atomic mass is 10.3. The van der Waals surface area contributed by atoms with Crippen molar-refractivity contribution >= 4 is 15.7 Å². The Bertz CT molecular complexity index is 460. The average molecular weight is 258 g/mol. The highest BCUT2D eigenvalue weighted by molar-refractivity contribution is 7.89. The summed E-state index contributed by atoms with van der Waals surface area (Å²) in [5, 5.41) is 11.8. The van der Waals surface area contributed by atoms with Crippen LogP contribution in [-0.2, 0) is 10.0 Å². The summed E-state index contributed by atoms with van der Waals surface area (Å²) >= 11 is 0. The number of aliphatic hydroxyl groups excluding tert-OH is 1. The van der Waals surface area contributed by atoms with Crippen molar-refractivity contribution in [1.29, 1.82) is 0 Å². The van der Waals surface area contributed by atoms with Gasteiger partial charge in [0, 0.05) is 20.1 Å². The molecule has 1 aromatic carbocycles. The molecule has 17 heavy (non-hydrogen) atoms. The van der Waals surface area contributed by atoms with Crippen molar-refractivity contribution in [1.82, 2.24) is 4.31 Å². The molecule has 96 valence electrons. The Morgan fingerprint density at radius 3 is 2.59 bits per heavy atom. The monoisotopic (exact) mass is 258 g/mol. The molecule has 1 rings (SSSR count). The lowest BCUT2D eigenvalue weighted by Crippen LogP contribution is -2.30. The number of sulfonamides is 1. The van der Waals surface area contributed by atoms with E-state index >= 15 is 0 Å². The molecule has 0 amide bonds. The Labute approximate surface area is 102 Å². The maximum absolute atomic E-state index is 12.2. The van der Waals surface area contributed by atoms with Gasteiger partial charge in [-0.3, -0.25) is 0 Å². The van der Waals surface area contributed by atoms with Crippen LogP contribution in [0.25, 0.3) is 0 Å². The fourth-order valence-electron chi connectivity index (χ4n) is 1.46. The minimum atomic E-state index is -3.54. The first-order chi connectivity index (χ1) is 8.04. The van der Waals surface area contributed by atoms with Crippen LogP contribution in [0.4, 0.5) is 5.69 Å². The van der Waals surface area contributed by atoms with Gasteiger partial charge in [-0.15, -0.1) is 0 Å². The normalized spacial score (nSPS) is 11.8. The van der Waals surface area contributed by atoms with Crippen LogP contribution in [0.2, 0.25) is 0 Å². The van der Waals surface area contributed by atoms with E-state index in [1.54, 1.807) is 24.3 Å². The highest BCUT2D eigenvalue weighted by Crippen LogP contribution is 2.23. The molecule has 6 heteroatoms. The summed E-state index contributed by atoms with van der Waals surface area (Å²) in [6.45, 7) is 2.44. The third-order valence-electron chi connectivity index (χ3n) is 2.36. The summed E-state index contributed by atoms with van der Waals surface area (Å²) in [6, 6.07) is 6.74. The van der Waals surface area contributed by atoms with E-state index in [1.807, 2.05) is 6.92 Å². The predicted molar refractivity (Wildman–Crippen MR) is 67.5 cm³/mol. The van der Waals surface area contributed by atoms with Crippen LogP contribution in [0, 0.1) is 0 Å². The van der Waals surface area contributed by atoms with Crippen molar-refractivity contribution < 1.29 is 13.5 Å². The lowest BCUT2D eigenvalue weighted by molar-refractivity contribution is 0.266. The van der Waals surface area contributed by atoms with E-state index in [9.17, 15) is 8.42 Å². The molecule has 0 heterocycles. The molecule has 0 aliphatic rings. The molecule has 0 radical (unpaired) electrons. The molecular formula is C11H18N2O3S. The van der Waals surface area contributed by atoms with Crippen LogP contribution < -0.4 is 5.32 Å². The summed E-state index contributed by atoms with van der Waals surface area (Å²) in [6.07, 6.45) is 0. The molecule has 5 nitrogen and oxygen atoms in total. The van der Waals surface area contributed by atoms with Crippen LogP contribution in [0.1, 0.15) is 6.92 Å². The third-order valence-corrected chi connectivity index (χ3v) is 4.27. The second-order valence-corrected chi connectivity index (χ2v) is 5.59. The zero-order valence-electron chi connectivity index (χ0n) is 10.0. The zero-order chi connectivity index (χ0) is 12.9. The summed E-state index contributed by atoms with van der Waals surface area (Å²) in [5.74, 6) is 0. The molecule has 0 aromatic heterocycles. The molecular weight excluding hydrogens is 240 g/mol. The van der Waals surface area contributed by atoms with Crippen LogP contribution >= 0.6 is 0 Å². The van der Waals surface area contributed by atoms with Crippen LogP contribution in [0.15, 0.2) is 29.2 Å². The Morgan fingerprint density at radius 2 is 2.00 bits per heavy atom. The van der Waals surface area contributed by atoms with Crippen molar-refractivity contribution in [3.05, 3.63) is 24.3 Å². The molecule has 0 saturated carbocycles. The van der Waals surface area contributed by atoms with Gasteiger partial charge in [-0.05, 0) is 19.1 Å². The molecule has 0 saturated heterocycles. The van der Waals surface area contributed by atoms with E-state index < -0.39 is 10.0 Å². The van der Waals surface area contributed by atoms with Crippen molar-refractivity contribution in [2.24, 2.45) is 0 Å². The standard InChI is InChI=1S/C11H18N2O3S/c1-3-12-10-6-4-5-7-11(10)17(15,16)13(2)8-9-14/h4-7,12,14H,3,8-9H2,1-2H3. The van der Waals surface area contributed by atoms with Gasteiger partial charge in [0.15, 0.2) is 0 Å². The number of benzene rings is 1. The summed E-state index contributed by atoms with van der Waals surface area (Å²) in [4.78, 5) is 0.234. The topological polar surface area (TPSA) is 69.6 Å². The fraction of sp³-hybridized carbons (Fsp3) is 0.455. The maximum Gasteiger partial charge on any atom is 0.244 e. The Balaban J connectivity index is 3.14. The second-order valence-electron chi connectivity index (χ2n) is 3.58. The zero-order valence-corrected chi connectivity index (χ0v) is 10.9. The first-order valence-electron chi connectivity index (χ1n) is 5.44. The van der Waals surface area contributed by atoms with Gasteiger partial charge in [-0.1, -0.05) is 12.1 Å². The number of nitrogens with one attached hydrogen (secondary N) is 1. The molecule has 0 aliphatic heterocycles. The molecule has 0 spiro atoms. The molecule has 2 N–H and O–H groups in total. The molecule has 0 aliphatic carbocycles. The van der Waals surface area contributed by atoms with E-state index in [4.69, 9.17) is 5.11 Å². The van der Waals surface area contributed by atoms with E-state index in [1.165, 1.54) is 7.05 Å². The van der Waals surface area contributed by atoms with Crippen molar-refractivity contribution in [2.45, 2.75) is 11.8 Å². The number of para-hydroxylation sites is 1. The maximum atomic E-state index is 12.2. The predicted octanol–water partition coefficient (Wildman–Crippen LogP) is 0.731. The van der Waals surface area contributed by atoms with Gasteiger partial charge >= 0.3 is 0 Å². The minimum absolute atomic E-state index is 0.0861. The van der Waals surface area contributed by atoms with E-state index in [0.717, 1.165) is 4.31 Å². The van der Waals surface area contributed by atoms with Gasteiger partial charge < -0.3 is 10.4 Å². The molecule has 1 aromatic rings. The fourth-order valence-corrected chi connectivity index (χ4v) is 2.78. The SMILES string of the molecule is CCNc1ccccc1S(=O)(=O)N(C)CCO. The Kier molecular flexibility index (Phi) is 4.92. The number of hydrogen-bond donors (Lipinski definition) is 2. The highest BCUT2D eigenvalue weighted by Gasteiger charge is 2.22. The molecule has 0 fully saturated rings. The van der Waals surface area contributed by atoms with Crippen LogP contribution in [0.3, 0.4) is 0 Å². The van der Waals surface area contributed by atoms with Gasteiger partial charge in [0.05, 0.1) is 12.3 Å². The van der Waals surface area contributed by atoms with E-state index in [0.29, 0.717) is 12.2 Å². The molecule has 0 unspecified atom stereocenters. The number of hydrogen-bond acceptors (Lipinski definition) is 4. The number of anilines is 1. The quantitative estimate of drug-likeness (QED) is 0.789. The van der Waals surface area contributed by atoms with Gasteiger partial charge in [0.2, 0.25) is 10.0 Å². The summed E-state index contributed by atoms with van der Waals surface area (Å²) < 4.78 is 25.5. The van der Waals surface area contributed by atoms with Gasteiger partial charge in [-0.2, -0.15) is 4.31 Å². The van der Waals surface area contributed by atoms with Gasteiger partial charge in [0.25, 0.3) is 0 Å². The summed E-state index contributed by atoms with van der Waals surface area (Å²) in [5.41, 5.74) is 0.583. The minimum Gasteiger partial charge on any atom is -0.395 e. The van der Waals surface area contributed by atoms with E-state index in [-0.39, 0.29) is 18.0 Å². The number of aliphatic hydroxyl groups is 1. The number of likely N-dealkylation sites (N-methyl/N-ethyl adjacent to an activating group) is 1. The lowest BCUT2D eigenvalue weighted by Gasteiger charge is -2.18. The molecule has 0 atom stereocenters. The Hall–Kier alpha value is -1.11. The smallest absolute Gasteiger partial charge is 0.244 e. The van der Waals surface area contributed by atoms with Crippen molar-refractivity contribution in [3.63, 3.8) is 0 Å². The van der Waals surface area contributed by atoms with Gasteiger partial charge in [-0.25, -0.2) is 8.42 Å². The van der Waals surface area contributed by atoms with Crippen molar-refractivity contribution in [2.75, 3.05) is 32.1 Å². The van der Waals surface area contributed by atoms with E-state index in [2.05, 4.69) is 5.32 Å². The Morgan fingerprint density at radius 1 is 1.35 bits per heavy atom. The largest absolute Gasteiger partial charge is 0.395 e. The molecule has 0 bridgehead atoms. The third kappa shape index (κ3) is 3.18. The summed E-state index contributed by atoms with van der Waals surface area (Å²) in [7, 11) is -2.09. The average Bonchev–Trinajstić information content (AvgIpc) is 2.30. The highest BCUT2D eigenvalue weighted by atomic mass is 32.2. The van der Waals surface area contributed by atoms with Crippen LogP contribution in [-0.4, -0.2) is 44.6 Å². The van der Waals surface area contributed by atoms with Crippen molar-refractivity contribution in [3.8, 4) is 0 Å². The first kappa shape index (κ1) is 14.0. The van der Waals surface area contributed by atoms with Gasteiger partial charge in [0.1, 0.15) is 4.90 Å². The first-order valence-corrected chi connectivity index (χ1v) is 6.88. The second kappa shape index (κ2) is 6.00. The van der Waals surface area contributed by atoms with Crippen LogP contribution in [0.5, 0.6) is 0 Å². The number of nitrogens with zero attached hydrogens (tertiary/aromatic N) is 1.